The number of H-pyrrole nitrogens is 1. The molecule has 0 aliphatic heterocycles. The minimum absolute atomic E-state index is 0.0259. The van der Waals surface area contributed by atoms with Crippen molar-refractivity contribution in [1.29, 1.82) is 0 Å². The highest BCUT2D eigenvalue weighted by Crippen LogP contribution is 2.01. The van der Waals surface area contributed by atoms with Gasteiger partial charge in [-0.05, 0) is 12.1 Å². The van der Waals surface area contributed by atoms with Crippen molar-refractivity contribution in [2.45, 2.75) is 0 Å². The molecule has 0 aliphatic rings. The Balaban J connectivity index is 3.04. The Hall–Kier alpha value is -2.44. The molecule has 0 saturated carbocycles. The number of aromatic nitrogens is 2. The lowest BCUT2D eigenvalue weighted by Crippen LogP contribution is -2.34. The smallest absolute Gasteiger partial charge is 0.339 e. The highest BCUT2D eigenvalue weighted by atomic mass is 16.7. The molecule has 0 amide bonds. The maximum absolute atomic E-state index is 11.5. The summed E-state index contributed by atoms with van der Waals surface area (Å²) < 4.78 is 0. The van der Waals surface area contributed by atoms with E-state index < -0.39 is 16.2 Å². The van der Waals surface area contributed by atoms with Gasteiger partial charge in [0.25, 0.3) is 0 Å². The number of nitrogens with one attached hydrogen (secondary N) is 1. The summed E-state index contributed by atoms with van der Waals surface area (Å²) in [5.74, 6) is 0. The van der Waals surface area contributed by atoms with Crippen LogP contribution in [0.3, 0.4) is 0 Å². The molecule has 1 aromatic heterocycles. The molecule has 15 heavy (non-hydrogen) atoms. The molecule has 2 rings (SSSR count). The first kappa shape index (κ1) is 9.13. The SMILES string of the molecule is O=c1[nH]n([N+](=O)[O-])c(=O)c2ccccc12. The molecular formula is C8H5N3O4. The molecule has 1 aromatic carbocycles. The molecule has 0 spiro atoms. The Morgan fingerprint density at radius 1 is 1.20 bits per heavy atom. The number of benzene rings is 1. The van der Waals surface area contributed by atoms with Gasteiger partial charge in [0.2, 0.25) is 0 Å². The van der Waals surface area contributed by atoms with E-state index in [1.54, 1.807) is 6.07 Å². The number of hydrogen-bond acceptors (Lipinski definition) is 4. The lowest BCUT2D eigenvalue weighted by atomic mass is 10.2. The Labute approximate surface area is 81.7 Å². The summed E-state index contributed by atoms with van der Waals surface area (Å²) in [6.45, 7) is 0. The third kappa shape index (κ3) is 1.30. The second-order valence-corrected chi connectivity index (χ2v) is 2.84. The van der Waals surface area contributed by atoms with E-state index in [2.05, 4.69) is 0 Å². The number of aromatic amines is 1. The fraction of sp³-hybridized carbons (Fsp3) is 0. The number of nitrogens with zero attached hydrogens (tertiary/aromatic N) is 2. The van der Waals surface area contributed by atoms with Crippen LogP contribution in [0.5, 0.6) is 0 Å². The minimum Gasteiger partial charge on any atom is -0.339 e. The van der Waals surface area contributed by atoms with Gasteiger partial charge in [-0.1, -0.05) is 12.1 Å². The molecule has 0 aliphatic carbocycles. The molecule has 0 saturated heterocycles. The second kappa shape index (κ2) is 3.05. The van der Waals surface area contributed by atoms with Gasteiger partial charge in [-0.15, -0.1) is 5.10 Å². The second-order valence-electron chi connectivity index (χ2n) is 2.84. The average Bonchev–Trinajstić information content (AvgIpc) is 2.23. The summed E-state index contributed by atoms with van der Waals surface area (Å²) in [4.78, 5) is 33.3. The van der Waals surface area contributed by atoms with Crippen molar-refractivity contribution in [3.63, 3.8) is 0 Å². The van der Waals surface area contributed by atoms with Crippen molar-refractivity contribution in [2.75, 3.05) is 0 Å². The van der Waals surface area contributed by atoms with E-state index in [4.69, 9.17) is 0 Å². The third-order valence-electron chi connectivity index (χ3n) is 1.97. The Kier molecular flexibility index (Phi) is 1.86. The summed E-state index contributed by atoms with van der Waals surface area (Å²) in [6.07, 6.45) is 0. The average molecular weight is 207 g/mol. The van der Waals surface area contributed by atoms with Crippen LogP contribution >= 0.6 is 0 Å². The number of fused-ring (bicyclic) bond motifs is 1. The van der Waals surface area contributed by atoms with Gasteiger partial charge in [0.15, 0.2) is 0 Å². The van der Waals surface area contributed by atoms with Crippen molar-refractivity contribution in [3.8, 4) is 0 Å². The first-order chi connectivity index (χ1) is 7.11. The van der Waals surface area contributed by atoms with Crippen molar-refractivity contribution in [3.05, 3.63) is 55.1 Å². The van der Waals surface area contributed by atoms with Crippen molar-refractivity contribution in [1.82, 2.24) is 9.89 Å². The van der Waals surface area contributed by atoms with Crippen LogP contribution in [-0.4, -0.2) is 14.9 Å². The van der Waals surface area contributed by atoms with Crippen LogP contribution in [0.25, 0.3) is 10.8 Å². The van der Waals surface area contributed by atoms with Gasteiger partial charge in [-0.3, -0.25) is 4.79 Å². The van der Waals surface area contributed by atoms with E-state index in [1.165, 1.54) is 18.2 Å². The van der Waals surface area contributed by atoms with Crippen molar-refractivity contribution >= 4 is 10.8 Å². The van der Waals surface area contributed by atoms with E-state index in [9.17, 15) is 19.7 Å². The zero-order chi connectivity index (χ0) is 11.0. The van der Waals surface area contributed by atoms with Crippen LogP contribution in [0.15, 0.2) is 33.9 Å². The van der Waals surface area contributed by atoms with E-state index in [0.29, 0.717) is 0 Å². The molecule has 1 N–H and O–H groups in total. The first-order valence-corrected chi connectivity index (χ1v) is 4.00. The number of rotatable bonds is 1. The Morgan fingerprint density at radius 2 is 1.80 bits per heavy atom. The third-order valence-corrected chi connectivity index (χ3v) is 1.97. The van der Waals surface area contributed by atoms with E-state index in [1.807, 2.05) is 5.10 Å². The van der Waals surface area contributed by atoms with Crippen LogP contribution in [0.1, 0.15) is 0 Å². The molecule has 0 unspecified atom stereocenters. The van der Waals surface area contributed by atoms with Gasteiger partial charge in [-0.2, -0.15) is 0 Å². The molecule has 76 valence electrons. The predicted octanol–water partition coefficient (Wildman–Crippen LogP) is -0.270. The lowest BCUT2D eigenvalue weighted by molar-refractivity contribution is -0.556. The van der Waals surface area contributed by atoms with E-state index in [-0.39, 0.29) is 15.6 Å². The van der Waals surface area contributed by atoms with Crippen LogP contribution in [-0.2, 0) is 0 Å². The zero-order valence-corrected chi connectivity index (χ0v) is 7.34. The van der Waals surface area contributed by atoms with Gasteiger partial charge < -0.3 is 10.1 Å². The zero-order valence-electron chi connectivity index (χ0n) is 7.34. The quantitative estimate of drug-likeness (QED) is 0.514. The molecule has 7 heteroatoms. The van der Waals surface area contributed by atoms with Crippen molar-refractivity contribution < 1.29 is 5.03 Å². The number of hydrogen-bond donors (Lipinski definition) is 1. The van der Waals surface area contributed by atoms with Gasteiger partial charge in [-0.25, -0.2) is 4.79 Å². The van der Waals surface area contributed by atoms with Gasteiger partial charge >= 0.3 is 11.1 Å². The van der Waals surface area contributed by atoms with Gasteiger partial charge in [0.1, 0.15) is 0 Å². The summed E-state index contributed by atoms with van der Waals surface area (Å²) in [6, 6.07) is 5.91. The molecule has 2 aromatic rings. The number of nitro groups is 1. The summed E-state index contributed by atoms with van der Waals surface area (Å²) in [5.41, 5.74) is -1.52. The van der Waals surface area contributed by atoms with E-state index in [0.717, 1.165) is 0 Å². The summed E-state index contributed by atoms with van der Waals surface area (Å²) in [7, 11) is 0. The first-order valence-electron chi connectivity index (χ1n) is 4.00. The summed E-state index contributed by atoms with van der Waals surface area (Å²) in [5, 5.41) is 11.5. The monoisotopic (exact) mass is 207 g/mol. The van der Waals surface area contributed by atoms with Crippen LogP contribution in [0.4, 0.5) is 0 Å². The van der Waals surface area contributed by atoms with Crippen molar-refractivity contribution in [2.24, 2.45) is 0 Å². The minimum atomic E-state index is -0.976. The Bertz CT molecular complexity index is 655. The Morgan fingerprint density at radius 3 is 2.40 bits per heavy atom. The molecule has 0 fully saturated rings. The maximum atomic E-state index is 11.5. The molecule has 7 nitrogen and oxygen atoms in total. The largest absolute Gasteiger partial charge is 0.358 e. The fourth-order valence-corrected chi connectivity index (χ4v) is 1.30. The topological polar surface area (TPSA) is 98.0 Å². The van der Waals surface area contributed by atoms with Gasteiger partial charge in [0.05, 0.1) is 15.8 Å². The standard InChI is InChI=1S/C8H5N3O4/c12-7-5-3-1-2-4-6(5)8(13)10(9-7)11(14)15/h1-4H,(H,9,12). The molecule has 0 atom stereocenters. The fourth-order valence-electron chi connectivity index (χ4n) is 1.30. The summed E-state index contributed by atoms with van der Waals surface area (Å²) >= 11 is 0. The van der Waals surface area contributed by atoms with Crippen LogP contribution < -0.4 is 11.1 Å². The highest BCUT2D eigenvalue weighted by molar-refractivity contribution is 5.80. The van der Waals surface area contributed by atoms with E-state index >= 15 is 0 Å². The van der Waals surface area contributed by atoms with Gasteiger partial charge in [0, 0.05) is 4.79 Å². The molecule has 1 heterocycles. The molecule has 0 bridgehead atoms. The maximum Gasteiger partial charge on any atom is 0.358 e. The lowest BCUT2D eigenvalue weighted by Gasteiger charge is -1.98. The molecule has 0 radical (unpaired) electrons. The predicted molar refractivity (Wildman–Crippen MR) is 51.2 cm³/mol. The van der Waals surface area contributed by atoms with Crippen LogP contribution in [0.2, 0.25) is 0 Å². The molecular weight excluding hydrogens is 202 g/mol. The highest BCUT2D eigenvalue weighted by Gasteiger charge is 2.12. The van der Waals surface area contributed by atoms with Crippen LogP contribution in [0, 0.1) is 10.1 Å². The normalized spacial score (nSPS) is 10.4.